The van der Waals surface area contributed by atoms with Crippen LogP contribution in [-0.2, 0) is 6.18 Å². The number of nitrogens with one attached hydrogen (secondary N) is 2. The fourth-order valence-corrected chi connectivity index (χ4v) is 4.50. The van der Waals surface area contributed by atoms with Crippen LogP contribution in [0.3, 0.4) is 0 Å². The Labute approximate surface area is 176 Å². The van der Waals surface area contributed by atoms with E-state index < -0.39 is 11.9 Å². The van der Waals surface area contributed by atoms with E-state index in [0.29, 0.717) is 24.2 Å². The average Bonchev–Trinajstić information content (AvgIpc) is 3.41. The van der Waals surface area contributed by atoms with Gasteiger partial charge in [-0.3, -0.25) is 4.90 Å². The predicted molar refractivity (Wildman–Crippen MR) is 108 cm³/mol. The molecule has 2 N–H and O–H groups in total. The van der Waals surface area contributed by atoms with Crippen LogP contribution < -0.4 is 10.1 Å². The molecule has 3 atom stereocenters. The van der Waals surface area contributed by atoms with E-state index in [-0.39, 0.29) is 23.6 Å². The number of benzene rings is 1. The molecule has 3 aromatic rings. The first-order valence-corrected chi connectivity index (χ1v) is 10.1. The number of hydrogen-bond acceptors (Lipinski definition) is 5. The second-order valence-corrected chi connectivity index (χ2v) is 7.95. The van der Waals surface area contributed by atoms with Crippen LogP contribution in [0.25, 0.3) is 11.0 Å². The van der Waals surface area contributed by atoms with Crippen molar-refractivity contribution in [3.05, 3.63) is 53.9 Å². The summed E-state index contributed by atoms with van der Waals surface area (Å²) in [6.45, 7) is 1.86. The maximum atomic E-state index is 13.2. The van der Waals surface area contributed by atoms with E-state index in [1.165, 1.54) is 6.20 Å². The van der Waals surface area contributed by atoms with Gasteiger partial charge >= 0.3 is 6.18 Å². The number of aromatic nitrogens is 2. The number of alkyl halides is 3. The molecule has 1 fully saturated rings. The number of fused-ring (bicyclic) bond motifs is 2. The smallest absolute Gasteiger partial charge is 0.431 e. The van der Waals surface area contributed by atoms with Crippen molar-refractivity contribution >= 4 is 16.7 Å². The van der Waals surface area contributed by atoms with Gasteiger partial charge in [0, 0.05) is 35.9 Å². The molecule has 31 heavy (non-hydrogen) atoms. The molecular weight excluding hydrogens is 407 g/mol. The summed E-state index contributed by atoms with van der Waals surface area (Å²) >= 11 is 0. The average molecular weight is 427 g/mol. The highest BCUT2D eigenvalue weighted by Crippen LogP contribution is 2.40. The number of hydrogen-bond donors (Lipinski definition) is 2. The zero-order chi connectivity index (χ0) is 21.6. The van der Waals surface area contributed by atoms with Crippen molar-refractivity contribution in [3.8, 4) is 11.8 Å². The number of aromatic amines is 1. The molecule has 1 saturated heterocycles. The van der Waals surface area contributed by atoms with Gasteiger partial charge in [-0.2, -0.15) is 18.4 Å². The third kappa shape index (κ3) is 3.57. The molecule has 160 valence electrons. The Kier molecular flexibility index (Phi) is 4.74. The van der Waals surface area contributed by atoms with Gasteiger partial charge in [0.1, 0.15) is 23.7 Å². The van der Waals surface area contributed by atoms with Crippen molar-refractivity contribution in [1.29, 1.82) is 5.26 Å². The number of nitriles is 1. The van der Waals surface area contributed by atoms with Crippen LogP contribution in [0.4, 0.5) is 18.9 Å². The molecular formula is C22H20F3N5O. The van der Waals surface area contributed by atoms with Crippen LogP contribution in [0.15, 0.2) is 42.6 Å². The molecule has 0 amide bonds. The highest BCUT2D eigenvalue weighted by atomic mass is 19.4. The Hall–Kier alpha value is -3.25. The lowest BCUT2D eigenvalue weighted by atomic mass is 9.94. The van der Waals surface area contributed by atoms with Gasteiger partial charge in [0.05, 0.1) is 24.1 Å². The van der Waals surface area contributed by atoms with Crippen LogP contribution in [0, 0.1) is 17.2 Å². The second-order valence-electron chi connectivity index (χ2n) is 7.95. The number of para-hydroxylation sites is 1. The number of rotatable bonds is 3. The first kappa shape index (κ1) is 19.7. The van der Waals surface area contributed by atoms with Crippen LogP contribution in [0.2, 0.25) is 0 Å². The summed E-state index contributed by atoms with van der Waals surface area (Å²) in [6.07, 6.45) is -2.19. The van der Waals surface area contributed by atoms with Crippen molar-refractivity contribution in [2.24, 2.45) is 5.92 Å². The lowest BCUT2D eigenvalue weighted by molar-refractivity contribution is -0.140. The minimum absolute atomic E-state index is 0.0236. The van der Waals surface area contributed by atoms with E-state index in [1.54, 1.807) is 6.07 Å². The van der Waals surface area contributed by atoms with Gasteiger partial charge in [-0.1, -0.05) is 18.2 Å². The molecule has 2 aromatic heterocycles. The summed E-state index contributed by atoms with van der Waals surface area (Å²) in [5, 5.41) is 13.2. The highest BCUT2D eigenvalue weighted by molar-refractivity contribution is 5.90. The summed E-state index contributed by atoms with van der Waals surface area (Å²) < 4.78 is 45.7. The third-order valence-electron chi connectivity index (χ3n) is 6.07. The Morgan fingerprint density at radius 1 is 1.26 bits per heavy atom. The zero-order valence-electron chi connectivity index (χ0n) is 16.5. The molecule has 2 aliphatic heterocycles. The normalized spacial score (nSPS) is 23.9. The molecule has 1 aromatic carbocycles. The predicted octanol–water partition coefficient (Wildman–Crippen LogP) is 4.34. The number of likely N-dealkylation sites (tertiary alicyclic amines) is 1. The molecule has 2 aliphatic rings. The molecule has 4 heterocycles. The highest BCUT2D eigenvalue weighted by Gasteiger charge is 2.39. The van der Waals surface area contributed by atoms with Gasteiger partial charge in [-0.15, -0.1) is 0 Å². The van der Waals surface area contributed by atoms with Crippen molar-refractivity contribution in [2.45, 2.75) is 24.7 Å². The zero-order valence-corrected chi connectivity index (χ0v) is 16.5. The van der Waals surface area contributed by atoms with Gasteiger partial charge in [0.25, 0.3) is 0 Å². The summed E-state index contributed by atoms with van der Waals surface area (Å²) in [5.74, 6) is 0.729. The van der Waals surface area contributed by atoms with Crippen LogP contribution >= 0.6 is 0 Å². The van der Waals surface area contributed by atoms with Gasteiger partial charge < -0.3 is 15.0 Å². The minimum atomic E-state index is -4.48. The maximum Gasteiger partial charge on any atom is 0.431 e. The van der Waals surface area contributed by atoms with E-state index in [2.05, 4.69) is 26.3 Å². The molecule has 0 radical (unpaired) electrons. The fourth-order valence-electron chi connectivity index (χ4n) is 4.50. The summed E-state index contributed by atoms with van der Waals surface area (Å²) in [5.41, 5.74) is 0.861. The fraction of sp³-hybridized carbons (Fsp3) is 0.364. The molecule has 5 rings (SSSR count). The first-order chi connectivity index (χ1) is 14.9. The minimum Gasteiger partial charge on any atom is -0.491 e. The molecule has 0 saturated carbocycles. The maximum absolute atomic E-state index is 13.2. The summed E-state index contributed by atoms with van der Waals surface area (Å²) in [4.78, 5) is 8.66. The van der Waals surface area contributed by atoms with Crippen LogP contribution in [-0.4, -0.2) is 40.6 Å². The quantitative estimate of drug-likeness (QED) is 0.650. The van der Waals surface area contributed by atoms with E-state index in [0.717, 1.165) is 30.3 Å². The lowest BCUT2D eigenvalue weighted by Crippen LogP contribution is -2.47. The van der Waals surface area contributed by atoms with E-state index >= 15 is 0 Å². The molecule has 6 nitrogen and oxygen atoms in total. The number of halogens is 3. The molecule has 0 aliphatic carbocycles. The van der Waals surface area contributed by atoms with E-state index in [1.807, 2.05) is 24.3 Å². The number of ether oxygens (including phenoxy) is 1. The first-order valence-electron chi connectivity index (χ1n) is 10.1. The summed E-state index contributed by atoms with van der Waals surface area (Å²) in [6, 6.07) is 12.5. The number of H-pyrrole nitrogens is 1. The van der Waals surface area contributed by atoms with Gasteiger partial charge in [0.15, 0.2) is 0 Å². The van der Waals surface area contributed by atoms with Crippen LogP contribution in [0.1, 0.15) is 23.7 Å². The van der Waals surface area contributed by atoms with Crippen molar-refractivity contribution < 1.29 is 17.9 Å². The number of anilines is 1. The van der Waals surface area contributed by atoms with Gasteiger partial charge in [-0.05, 0) is 24.6 Å². The lowest BCUT2D eigenvalue weighted by Gasteiger charge is -2.39. The topological polar surface area (TPSA) is 77.0 Å². The molecule has 0 spiro atoms. The Balaban J connectivity index is 1.53. The van der Waals surface area contributed by atoms with E-state index in [4.69, 9.17) is 4.74 Å². The van der Waals surface area contributed by atoms with Gasteiger partial charge in [0.2, 0.25) is 0 Å². The van der Waals surface area contributed by atoms with Crippen molar-refractivity contribution in [1.82, 2.24) is 14.9 Å². The molecule has 0 bridgehead atoms. The number of nitrogens with zero attached hydrogens (tertiary/aromatic N) is 3. The summed E-state index contributed by atoms with van der Waals surface area (Å²) in [7, 11) is 0. The molecule has 9 heteroatoms. The number of pyridine rings is 1. The Bertz CT molecular complexity index is 1150. The standard InChI is InChI=1S/C22H20F3N5O/c23-22(24,25)19-9-15-16(5-7-27-21(15)29-19)28-20-14-3-1-2-4-18(14)31-12-17(20)30-8-6-13(10-26)11-30/h1-5,7,9,13,17,20H,6,8,11-12H2,(H2,27,28,29)/t13-,17+,20+/m1/s1. The monoisotopic (exact) mass is 427 g/mol. The SMILES string of the molecule is N#C[C@H]1CCN([C@H]2COc3ccccc3[C@@H]2Nc2ccnc3[nH]c(C(F)(F)F)cc23)C1. The Morgan fingerprint density at radius 2 is 2.10 bits per heavy atom. The van der Waals surface area contributed by atoms with E-state index in [9.17, 15) is 18.4 Å². The largest absolute Gasteiger partial charge is 0.491 e. The van der Waals surface area contributed by atoms with Crippen LogP contribution in [0.5, 0.6) is 5.75 Å². The second kappa shape index (κ2) is 7.46. The van der Waals surface area contributed by atoms with Crippen molar-refractivity contribution in [2.75, 3.05) is 25.0 Å². The molecule has 0 unspecified atom stereocenters. The Morgan fingerprint density at radius 3 is 2.87 bits per heavy atom. The van der Waals surface area contributed by atoms with Crippen molar-refractivity contribution in [3.63, 3.8) is 0 Å². The van der Waals surface area contributed by atoms with Gasteiger partial charge in [-0.25, -0.2) is 4.98 Å². The third-order valence-corrected chi connectivity index (χ3v) is 6.07.